The first-order chi connectivity index (χ1) is 13.8. The monoisotopic (exact) mass is 419 g/mol. The Morgan fingerprint density at radius 2 is 1.72 bits per heavy atom. The highest BCUT2D eigenvalue weighted by molar-refractivity contribution is 7.89. The Morgan fingerprint density at radius 1 is 1.07 bits per heavy atom. The third kappa shape index (κ3) is 6.11. The lowest BCUT2D eigenvalue weighted by Gasteiger charge is -2.18. The lowest BCUT2D eigenvalue weighted by Crippen LogP contribution is -2.35. The molecule has 0 aliphatic carbocycles. The Balaban J connectivity index is 2.07. The molecule has 0 spiro atoms. The second-order valence-electron chi connectivity index (χ2n) is 6.42. The van der Waals surface area contributed by atoms with Crippen LogP contribution in [0.4, 0.5) is 5.69 Å². The zero-order valence-corrected chi connectivity index (χ0v) is 17.5. The number of carbonyl (C=O) groups is 2. The molecule has 156 valence electrons. The SMILES string of the molecule is COCCNC(=O)c1ccccc1NC(=O)CN(C)S(=O)(=O)c1ccc(C)cc1. The predicted octanol–water partition coefficient (Wildman–Crippen LogP) is 1.63. The largest absolute Gasteiger partial charge is 0.383 e. The quantitative estimate of drug-likeness (QED) is 0.601. The number of anilines is 1. The summed E-state index contributed by atoms with van der Waals surface area (Å²) in [7, 11) is -0.944. The predicted molar refractivity (Wildman–Crippen MR) is 110 cm³/mol. The molecule has 2 N–H and O–H groups in total. The molecule has 0 radical (unpaired) electrons. The van der Waals surface area contributed by atoms with Gasteiger partial charge >= 0.3 is 0 Å². The van der Waals surface area contributed by atoms with E-state index in [-0.39, 0.29) is 16.4 Å². The summed E-state index contributed by atoms with van der Waals surface area (Å²) in [4.78, 5) is 24.8. The first-order valence-electron chi connectivity index (χ1n) is 8.94. The van der Waals surface area contributed by atoms with Crippen molar-refractivity contribution in [3.63, 3.8) is 0 Å². The number of benzene rings is 2. The van der Waals surface area contributed by atoms with E-state index in [9.17, 15) is 18.0 Å². The normalized spacial score (nSPS) is 11.3. The average Bonchev–Trinajstić information content (AvgIpc) is 2.68. The van der Waals surface area contributed by atoms with Crippen LogP contribution in [0.1, 0.15) is 15.9 Å². The van der Waals surface area contributed by atoms with E-state index >= 15 is 0 Å². The lowest BCUT2D eigenvalue weighted by atomic mass is 10.1. The molecule has 0 heterocycles. The van der Waals surface area contributed by atoms with Crippen LogP contribution in [0.15, 0.2) is 53.4 Å². The van der Waals surface area contributed by atoms with Crippen molar-refractivity contribution in [2.75, 3.05) is 39.2 Å². The molecule has 0 aliphatic rings. The molecule has 2 aromatic carbocycles. The van der Waals surface area contributed by atoms with E-state index in [1.807, 2.05) is 6.92 Å². The Labute approximate surface area is 170 Å². The number of para-hydroxylation sites is 1. The van der Waals surface area contributed by atoms with Gasteiger partial charge in [0.25, 0.3) is 5.91 Å². The van der Waals surface area contributed by atoms with Gasteiger partial charge in [0.15, 0.2) is 0 Å². The van der Waals surface area contributed by atoms with Gasteiger partial charge < -0.3 is 15.4 Å². The first kappa shape index (κ1) is 22.5. The van der Waals surface area contributed by atoms with Crippen molar-refractivity contribution in [2.45, 2.75) is 11.8 Å². The van der Waals surface area contributed by atoms with Crippen molar-refractivity contribution in [3.8, 4) is 0 Å². The maximum atomic E-state index is 12.6. The highest BCUT2D eigenvalue weighted by Crippen LogP contribution is 2.17. The van der Waals surface area contributed by atoms with Crippen LogP contribution in [0.3, 0.4) is 0 Å². The number of aryl methyl sites for hydroxylation is 1. The van der Waals surface area contributed by atoms with Crippen LogP contribution in [0, 0.1) is 6.92 Å². The zero-order chi connectivity index (χ0) is 21.4. The van der Waals surface area contributed by atoms with Gasteiger partial charge in [-0.15, -0.1) is 0 Å². The third-order valence-electron chi connectivity index (χ3n) is 4.13. The van der Waals surface area contributed by atoms with Crippen LogP contribution in [0.2, 0.25) is 0 Å². The van der Waals surface area contributed by atoms with Gasteiger partial charge in [-0.05, 0) is 31.2 Å². The van der Waals surface area contributed by atoms with Crippen molar-refractivity contribution in [1.82, 2.24) is 9.62 Å². The minimum atomic E-state index is -3.81. The minimum Gasteiger partial charge on any atom is -0.383 e. The number of likely N-dealkylation sites (N-methyl/N-ethyl adjacent to an activating group) is 1. The van der Waals surface area contributed by atoms with Crippen LogP contribution in [-0.4, -0.2) is 58.4 Å². The van der Waals surface area contributed by atoms with Crippen LogP contribution in [-0.2, 0) is 19.6 Å². The third-order valence-corrected chi connectivity index (χ3v) is 5.95. The summed E-state index contributed by atoms with van der Waals surface area (Å²) >= 11 is 0. The highest BCUT2D eigenvalue weighted by Gasteiger charge is 2.23. The van der Waals surface area contributed by atoms with Crippen molar-refractivity contribution >= 4 is 27.5 Å². The second kappa shape index (κ2) is 10.1. The van der Waals surface area contributed by atoms with Gasteiger partial charge in [0.2, 0.25) is 15.9 Å². The Hall–Kier alpha value is -2.75. The maximum absolute atomic E-state index is 12.6. The topological polar surface area (TPSA) is 105 Å². The van der Waals surface area contributed by atoms with Gasteiger partial charge in [0.1, 0.15) is 0 Å². The number of sulfonamides is 1. The van der Waals surface area contributed by atoms with Crippen LogP contribution in [0.5, 0.6) is 0 Å². The lowest BCUT2D eigenvalue weighted by molar-refractivity contribution is -0.116. The number of amides is 2. The fourth-order valence-electron chi connectivity index (χ4n) is 2.52. The number of hydrogen-bond acceptors (Lipinski definition) is 5. The molecule has 0 aromatic heterocycles. The minimum absolute atomic E-state index is 0.108. The maximum Gasteiger partial charge on any atom is 0.253 e. The number of nitrogens with zero attached hydrogens (tertiary/aromatic N) is 1. The first-order valence-corrected chi connectivity index (χ1v) is 10.4. The summed E-state index contributed by atoms with van der Waals surface area (Å²) in [6.45, 7) is 2.16. The molecule has 29 heavy (non-hydrogen) atoms. The van der Waals surface area contributed by atoms with E-state index in [0.29, 0.717) is 18.8 Å². The molecular weight excluding hydrogens is 394 g/mol. The van der Waals surface area contributed by atoms with E-state index in [2.05, 4.69) is 10.6 Å². The molecule has 0 bridgehead atoms. The molecule has 9 heteroatoms. The molecule has 0 atom stereocenters. The number of carbonyl (C=O) groups excluding carboxylic acids is 2. The Morgan fingerprint density at radius 3 is 2.38 bits per heavy atom. The molecule has 2 rings (SSSR count). The Kier molecular flexibility index (Phi) is 7.89. The number of hydrogen-bond donors (Lipinski definition) is 2. The fraction of sp³-hybridized carbons (Fsp3) is 0.300. The van der Waals surface area contributed by atoms with E-state index in [0.717, 1.165) is 9.87 Å². The van der Waals surface area contributed by atoms with Gasteiger partial charge in [-0.2, -0.15) is 4.31 Å². The fourth-order valence-corrected chi connectivity index (χ4v) is 3.65. The van der Waals surface area contributed by atoms with Crippen molar-refractivity contribution in [3.05, 3.63) is 59.7 Å². The molecule has 2 aromatic rings. The zero-order valence-electron chi connectivity index (χ0n) is 16.6. The van der Waals surface area contributed by atoms with E-state index in [1.54, 1.807) is 36.4 Å². The van der Waals surface area contributed by atoms with Crippen LogP contribution >= 0.6 is 0 Å². The van der Waals surface area contributed by atoms with Gasteiger partial charge in [0.05, 0.1) is 29.3 Å². The summed E-state index contributed by atoms with van der Waals surface area (Å²) < 4.78 is 31.1. The molecule has 2 amide bonds. The number of methoxy groups -OCH3 is 1. The van der Waals surface area contributed by atoms with E-state index < -0.39 is 22.5 Å². The molecule has 8 nitrogen and oxygen atoms in total. The Bertz CT molecular complexity index is 958. The van der Waals surface area contributed by atoms with E-state index in [4.69, 9.17) is 4.74 Å². The van der Waals surface area contributed by atoms with Crippen molar-refractivity contribution in [1.29, 1.82) is 0 Å². The van der Waals surface area contributed by atoms with Gasteiger partial charge in [0, 0.05) is 20.7 Å². The summed E-state index contributed by atoms with van der Waals surface area (Å²) in [5.41, 5.74) is 1.51. The molecule has 0 saturated heterocycles. The second-order valence-corrected chi connectivity index (χ2v) is 8.46. The van der Waals surface area contributed by atoms with Gasteiger partial charge in [-0.3, -0.25) is 9.59 Å². The smallest absolute Gasteiger partial charge is 0.253 e. The van der Waals surface area contributed by atoms with E-state index in [1.165, 1.54) is 26.3 Å². The summed E-state index contributed by atoms with van der Waals surface area (Å²) in [5.74, 6) is -0.918. The molecule has 0 saturated carbocycles. The highest BCUT2D eigenvalue weighted by atomic mass is 32.2. The summed E-state index contributed by atoms with van der Waals surface area (Å²) in [5, 5.41) is 5.29. The van der Waals surface area contributed by atoms with Gasteiger partial charge in [-0.1, -0.05) is 29.8 Å². The molecule has 0 fully saturated rings. The standard InChI is InChI=1S/C20H25N3O5S/c1-15-8-10-16(11-9-15)29(26,27)23(2)14-19(24)22-18-7-5-4-6-17(18)20(25)21-12-13-28-3/h4-11H,12-14H2,1-3H3,(H,21,25)(H,22,24). The summed E-state index contributed by atoms with van der Waals surface area (Å²) in [6.07, 6.45) is 0. The molecule has 0 unspecified atom stereocenters. The molecule has 0 aliphatic heterocycles. The number of rotatable bonds is 9. The van der Waals surface area contributed by atoms with Gasteiger partial charge in [-0.25, -0.2) is 8.42 Å². The summed E-state index contributed by atoms with van der Waals surface area (Å²) in [6, 6.07) is 12.9. The average molecular weight is 420 g/mol. The van der Waals surface area contributed by atoms with Crippen LogP contribution in [0.25, 0.3) is 0 Å². The molecular formula is C20H25N3O5S. The van der Waals surface area contributed by atoms with Crippen molar-refractivity contribution < 1.29 is 22.7 Å². The number of nitrogens with one attached hydrogen (secondary N) is 2. The number of ether oxygens (including phenoxy) is 1. The van der Waals surface area contributed by atoms with Crippen LogP contribution < -0.4 is 10.6 Å². The van der Waals surface area contributed by atoms with Crippen molar-refractivity contribution in [2.24, 2.45) is 0 Å².